The van der Waals surface area contributed by atoms with E-state index in [1.54, 1.807) is 24.4 Å². The van der Waals surface area contributed by atoms with Crippen molar-refractivity contribution in [2.75, 3.05) is 12.1 Å². The SMILES string of the molecule is CCc1c(C(=O)Nc2ccc3c(c2)OCO3)cnn1Cc1ccccc1. The second kappa shape index (κ2) is 6.92. The lowest BCUT2D eigenvalue weighted by molar-refractivity contribution is 0.102. The Morgan fingerprint density at radius 3 is 2.77 bits per heavy atom. The predicted octanol–water partition coefficient (Wildman–Crippen LogP) is 3.47. The van der Waals surface area contributed by atoms with Gasteiger partial charge in [-0.2, -0.15) is 5.10 Å². The van der Waals surface area contributed by atoms with Crippen LogP contribution in [0.25, 0.3) is 0 Å². The second-order valence-corrected chi connectivity index (χ2v) is 6.02. The van der Waals surface area contributed by atoms with Gasteiger partial charge in [-0.15, -0.1) is 0 Å². The van der Waals surface area contributed by atoms with Crippen molar-refractivity contribution in [1.29, 1.82) is 0 Å². The zero-order valence-electron chi connectivity index (χ0n) is 14.4. The van der Waals surface area contributed by atoms with Crippen LogP contribution in [-0.4, -0.2) is 22.5 Å². The molecule has 0 bridgehead atoms. The lowest BCUT2D eigenvalue weighted by Crippen LogP contribution is -2.15. The molecule has 132 valence electrons. The maximum atomic E-state index is 12.7. The lowest BCUT2D eigenvalue weighted by Gasteiger charge is -2.09. The topological polar surface area (TPSA) is 65.4 Å². The number of hydrogen-bond acceptors (Lipinski definition) is 4. The van der Waals surface area contributed by atoms with E-state index in [0.717, 1.165) is 17.7 Å². The molecule has 0 unspecified atom stereocenters. The predicted molar refractivity (Wildman–Crippen MR) is 97.7 cm³/mol. The van der Waals surface area contributed by atoms with Crippen LogP contribution in [-0.2, 0) is 13.0 Å². The molecule has 0 fully saturated rings. The minimum absolute atomic E-state index is 0.181. The summed E-state index contributed by atoms with van der Waals surface area (Å²) in [5.74, 6) is 1.14. The highest BCUT2D eigenvalue weighted by Gasteiger charge is 2.18. The van der Waals surface area contributed by atoms with Gasteiger partial charge >= 0.3 is 0 Å². The number of nitrogens with one attached hydrogen (secondary N) is 1. The van der Waals surface area contributed by atoms with Gasteiger partial charge in [0, 0.05) is 11.8 Å². The number of rotatable bonds is 5. The van der Waals surface area contributed by atoms with Crippen molar-refractivity contribution in [3.05, 3.63) is 71.5 Å². The lowest BCUT2D eigenvalue weighted by atomic mass is 10.1. The van der Waals surface area contributed by atoms with E-state index in [2.05, 4.69) is 10.4 Å². The molecule has 2 aromatic carbocycles. The first-order chi connectivity index (χ1) is 12.7. The third-order valence-corrected chi connectivity index (χ3v) is 4.33. The van der Waals surface area contributed by atoms with E-state index in [-0.39, 0.29) is 12.7 Å². The molecule has 0 aliphatic carbocycles. The fourth-order valence-corrected chi connectivity index (χ4v) is 3.04. The molecular formula is C20H19N3O3. The molecule has 6 nitrogen and oxygen atoms in total. The Labute approximate surface area is 151 Å². The average molecular weight is 349 g/mol. The first-order valence-corrected chi connectivity index (χ1v) is 8.54. The van der Waals surface area contributed by atoms with E-state index in [9.17, 15) is 4.79 Å². The molecule has 2 heterocycles. The Morgan fingerprint density at radius 1 is 1.15 bits per heavy atom. The summed E-state index contributed by atoms with van der Waals surface area (Å²) in [6.45, 7) is 2.87. The summed E-state index contributed by atoms with van der Waals surface area (Å²) in [4.78, 5) is 12.7. The molecule has 1 amide bonds. The monoisotopic (exact) mass is 349 g/mol. The molecular weight excluding hydrogens is 330 g/mol. The number of nitrogens with zero attached hydrogens (tertiary/aromatic N) is 2. The summed E-state index contributed by atoms with van der Waals surface area (Å²) in [5, 5.41) is 7.33. The molecule has 1 N–H and O–H groups in total. The zero-order chi connectivity index (χ0) is 17.9. The fourth-order valence-electron chi connectivity index (χ4n) is 3.04. The largest absolute Gasteiger partial charge is 0.454 e. The van der Waals surface area contributed by atoms with Gasteiger partial charge in [0.15, 0.2) is 11.5 Å². The van der Waals surface area contributed by atoms with Crippen LogP contribution in [0.4, 0.5) is 5.69 Å². The smallest absolute Gasteiger partial charge is 0.259 e. The summed E-state index contributed by atoms with van der Waals surface area (Å²) in [6, 6.07) is 15.4. The van der Waals surface area contributed by atoms with Crippen molar-refractivity contribution in [1.82, 2.24) is 9.78 Å². The molecule has 1 aliphatic rings. The molecule has 3 aromatic rings. The summed E-state index contributed by atoms with van der Waals surface area (Å²) in [6.07, 6.45) is 2.35. The summed E-state index contributed by atoms with van der Waals surface area (Å²) in [5.41, 5.74) is 3.30. The van der Waals surface area contributed by atoms with Gasteiger partial charge in [0.1, 0.15) is 0 Å². The summed E-state index contributed by atoms with van der Waals surface area (Å²) in [7, 11) is 0. The molecule has 1 aliphatic heterocycles. The maximum Gasteiger partial charge on any atom is 0.259 e. The van der Waals surface area contributed by atoms with E-state index < -0.39 is 0 Å². The molecule has 0 radical (unpaired) electrons. The highest BCUT2D eigenvalue weighted by molar-refractivity contribution is 6.05. The van der Waals surface area contributed by atoms with Crippen LogP contribution in [0.3, 0.4) is 0 Å². The average Bonchev–Trinajstić information content (AvgIpc) is 3.28. The van der Waals surface area contributed by atoms with E-state index in [0.29, 0.717) is 29.3 Å². The van der Waals surface area contributed by atoms with Crippen LogP contribution in [0.2, 0.25) is 0 Å². The van der Waals surface area contributed by atoms with Gasteiger partial charge in [0.25, 0.3) is 5.91 Å². The standard InChI is InChI=1S/C20H19N3O3/c1-2-17-16(11-21-23(17)12-14-6-4-3-5-7-14)20(24)22-15-8-9-18-19(10-15)26-13-25-18/h3-11H,2,12-13H2,1H3,(H,22,24). The van der Waals surface area contributed by atoms with Gasteiger partial charge in [-0.25, -0.2) is 0 Å². The number of amides is 1. The number of carbonyl (C=O) groups excluding carboxylic acids is 1. The highest BCUT2D eigenvalue weighted by Crippen LogP contribution is 2.34. The van der Waals surface area contributed by atoms with E-state index in [1.165, 1.54) is 0 Å². The molecule has 0 saturated heterocycles. The first kappa shape index (κ1) is 16.2. The number of ether oxygens (including phenoxy) is 2. The number of benzene rings is 2. The quantitative estimate of drug-likeness (QED) is 0.766. The van der Waals surface area contributed by atoms with Gasteiger partial charge < -0.3 is 14.8 Å². The van der Waals surface area contributed by atoms with Crippen molar-refractivity contribution in [2.24, 2.45) is 0 Å². The molecule has 0 saturated carbocycles. The van der Waals surface area contributed by atoms with Gasteiger partial charge in [-0.05, 0) is 24.1 Å². The fraction of sp³-hybridized carbons (Fsp3) is 0.200. The van der Waals surface area contributed by atoms with Gasteiger partial charge in [-0.1, -0.05) is 37.3 Å². The normalized spacial score (nSPS) is 12.2. The van der Waals surface area contributed by atoms with Crippen molar-refractivity contribution in [3.63, 3.8) is 0 Å². The van der Waals surface area contributed by atoms with E-state index in [1.807, 2.05) is 41.9 Å². The van der Waals surface area contributed by atoms with Crippen LogP contribution in [0, 0.1) is 0 Å². The molecule has 0 spiro atoms. The van der Waals surface area contributed by atoms with Crippen molar-refractivity contribution < 1.29 is 14.3 Å². The Hall–Kier alpha value is -3.28. The van der Waals surface area contributed by atoms with Crippen molar-refractivity contribution in [2.45, 2.75) is 19.9 Å². The van der Waals surface area contributed by atoms with Gasteiger partial charge in [-0.3, -0.25) is 9.48 Å². The molecule has 1 aromatic heterocycles. The number of hydrogen-bond donors (Lipinski definition) is 1. The van der Waals surface area contributed by atoms with Crippen LogP contribution < -0.4 is 14.8 Å². The first-order valence-electron chi connectivity index (χ1n) is 8.54. The molecule has 0 atom stereocenters. The van der Waals surface area contributed by atoms with Gasteiger partial charge in [0.05, 0.1) is 24.0 Å². The van der Waals surface area contributed by atoms with E-state index in [4.69, 9.17) is 9.47 Å². The third-order valence-electron chi connectivity index (χ3n) is 4.33. The number of carbonyl (C=O) groups is 1. The summed E-state index contributed by atoms with van der Waals surface area (Å²) >= 11 is 0. The molecule has 26 heavy (non-hydrogen) atoms. The minimum Gasteiger partial charge on any atom is -0.454 e. The molecule has 6 heteroatoms. The highest BCUT2D eigenvalue weighted by atomic mass is 16.7. The third kappa shape index (κ3) is 3.13. The van der Waals surface area contributed by atoms with Crippen molar-refractivity contribution in [3.8, 4) is 11.5 Å². The Morgan fingerprint density at radius 2 is 1.96 bits per heavy atom. The maximum absolute atomic E-state index is 12.7. The molecule has 4 rings (SSSR count). The Kier molecular flexibility index (Phi) is 4.31. The Bertz CT molecular complexity index is 935. The van der Waals surface area contributed by atoms with Crippen LogP contribution in [0.1, 0.15) is 28.5 Å². The van der Waals surface area contributed by atoms with Crippen LogP contribution in [0.5, 0.6) is 11.5 Å². The number of fused-ring (bicyclic) bond motifs is 1. The van der Waals surface area contributed by atoms with Gasteiger partial charge in [0.2, 0.25) is 6.79 Å². The number of anilines is 1. The van der Waals surface area contributed by atoms with Crippen molar-refractivity contribution >= 4 is 11.6 Å². The van der Waals surface area contributed by atoms with Crippen LogP contribution in [0.15, 0.2) is 54.7 Å². The zero-order valence-corrected chi connectivity index (χ0v) is 14.4. The summed E-state index contributed by atoms with van der Waals surface area (Å²) < 4.78 is 12.5. The Balaban J connectivity index is 1.54. The second-order valence-electron chi connectivity index (χ2n) is 6.02. The van der Waals surface area contributed by atoms with Crippen LogP contribution >= 0.6 is 0 Å². The minimum atomic E-state index is -0.181. The van der Waals surface area contributed by atoms with E-state index >= 15 is 0 Å². The number of aromatic nitrogens is 2.